The second kappa shape index (κ2) is 8.04. The molecule has 4 rings (SSSR count). The first-order chi connectivity index (χ1) is 13.4. The standard InChI is InChI=1S/C18H26ClN3O5S/c1-25-17-16(10-14(19)12-20-17)28(23,24)22-4-2-18(3-5-22)11-15(13-27-18)21-6-8-26-9-7-21/h10,12,15H,2-9,11,13H2,1H3/t15-/m1/s1. The van der Waals surface area contributed by atoms with Crippen molar-refractivity contribution in [3.63, 3.8) is 0 Å². The highest BCUT2D eigenvalue weighted by Crippen LogP contribution is 2.39. The highest BCUT2D eigenvalue weighted by atomic mass is 35.5. The minimum Gasteiger partial charge on any atom is -0.480 e. The Balaban J connectivity index is 1.43. The van der Waals surface area contributed by atoms with Gasteiger partial charge in [0.15, 0.2) is 0 Å². The van der Waals surface area contributed by atoms with Gasteiger partial charge < -0.3 is 14.2 Å². The predicted molar refractivity (Wildman–Crippen MR) is 103 cm³/mol. The van der Waals surface area contributed by atoms with E-state index in [4.69, 9.17) is 25.8 Å². The van der Waals surface area contributed by atoms with Crippen LogP contribution in [0.25, 0.3) is 0 Å². The van der Waals surface area contributed by atoms with E-state index in [1.807, 2.05) is 0 Å². The van der Waals surface area contributed by atoms with Crippen LogP contribution in [0.4, 0.5) is 0 Å². The molecule has 0 N–H and O–H groups in total. The molecule has 28 heavy (non-hydrogen) atoms. The van der Waals surface area contributed by atoms with Crippen molar-refractivity contribution in [1.29, 1.82) is 0 Å². The third-order valence-electron chi connectivity index (χ3n) is 5.98. The normalized spacial score (nSPS) is 26.6. The van der Waals surface area contributed by atoms with Crippen LogP contribution in [0.1, 0.15) is 19.3 Å². The molecule has 0 amide bonds. The van der Waals surface area contributed by atoms with Crippen LogP contribution in [0.3, 0.4) is 0 Å². The molecule has 4 heterocycles. The van der Waals surface area contributed by atoms with E-state index in [2.05, 4.69) is 9.88 Å². The summed E-state index contributed by atoms with van der Waals surface area (Å²) in [5.74, 6) is 0.0641. The molecule has 3 aliphatic rings. The van der Waals surface area contributed by atoms with Gasteiger partial charge in [-0.2, -0.15) is 4.31 Å². The van der Waals surface area contributed by atoms with E-state index in [9.17, 15) is 8.42 Å². The average Bonchev–Trinajstić information content (AvgIpc) is 3.12. The Kier molecular flexibility index (Phi) is 5.83. The van der Waals surface area contributed by atoms with E-state index >= 15 is 0 Å². The van der Waals surface area contributed by atoms with Crippen molar-refractivity contribution < 1.29 is 22.6 Å². The Labute approximate surface area is 170 Å². The average molecular weight is 432 g/mol. The van der Waals surface area contributed by atoms with Crippen molar-refractivity contribution in [3.8, 4) is 5.88 Å². The lowest BCUT2D eigenvalue weighted by atomic mass is 9.88. The molecule has 3 aliphatic heterocycles. The van der Waals surface area contributed by atoms with Crippen molar-refractivity contribution in [3.05, 3.63) is 17.3 Å². The highest BCUT2D eigenvalue weighted by molar-refractivity contribution is 7.89. The summed E-state index contributed by atoms with van der Waals surface area (Å²) in [4.78, 5) is 6.44. The molecule has 8 nitrogen and oxygen atoms in total. The molecule has 1 spiro atoms. The number of aromatic nitrogens is 1. The monoisotopic (exact) mass is 431 g/mol. The quantitative estimate of drug-likeness (QED) is 0.712. The minimum atomic E-state index is -3.73. The molecule has 3 saturated heterocycles. The molecule has 0 bridgehead atoms. The van der Waals surface area contributed by atoms with Crippen LogP contribution in [-0.4, -0.2) is 87.4 Å². The number of pyridine rings is 1. The lowest BCUT2D eigenvalue weighted by Crippen LogP contribution is -2.48. The largest absolute Gasteiger partial charge is 0.480 e. The summed E-state index contributed by atoms with van der Waals surface area (Å²) in [5.41, 5.74) is -0.230. The number of piperidine rings is 1. The topological polar surface area (TPSA) is 81.2 Å². The Bertz CT molecular complexity index is 807. The molecule has 1 aromatic rings. The van der Waals surface area contributed by atoms with Gasteiger partial charge in [-0.3, -0.25) is 4.90 Å². The molecule has 156 valence electrons. The number of hydrogen-bond donors (Lipinski definition) is 0. The Hall–Kier alpha value is -0.970. The van der Waals surface area contributed by atoms with Gasteiger partial charge in [0.05, 0.1) is 37.6 Å². The van der Waals surface area contributed by atoms with Crippen LogP contribution in [0.2, 0.25) is 5.02 Å². The van der Waals surface area contributed by atoms with E-state index in [-0.39, 0.29) is 21.4 Å². The first-order valence-electron chi connectivity index (χ1n) is 9.59. The number of halogens is 1. The molecule has 1 atom stereocenters. The zero-order valence-electron chi connectivity index (χ0n) is 16.0. The van der Waals surface area contributed by atoms with Crippen molar-refractivity contribution in [1.82, 2.24) is 14.2 Å². The zero-order chi connectivity index (χ0) is 19.8. The summed E-state index contributed by atoms with van der Waals surface area (Å²) in [5, 5.41) is 0.264. The van der Waals surface area contributed by atoms with Crippen molar-refractivity contribution in [2.75, 3.05) is 53.1 Å². The third-order valence-corrected chi connectivity index (χ3v) is 8.08. The second-order valence-corrected chi connectivity index (χ2v) is 9.91. The number of rotatable bonds is 4. The summed E-state index contributed by atoms with van der Waals surface area (Å²) in [6.45, 7) is 4.94. The van der Waals surface area contributed by atoms with Gasteiger partial charge >= 0.3 is 0 Å². The van der Waals surface area contributed by atoms with Gasteiger partial charge in [-0.05, 0) is 25.3 Å². The van der Waals surface area contributed by atoms with Gasteiger partial charge in [-0.1, -0.05) is 11.6 Å². The minimum absolute atomic E-state index is 0.0111. The SMILES string of the molecule is COc1ncc(Cl)cc1S(=O)(=O)N1CCC2(CC1)C[C@@H](N1CCOCC1)CO2. The smallest absolute Gasteiger partial charge is 0.248 e. The van der Waals surface area contributed by atoms with Gasteiger partial charge in [0, 0.05) is 38.4 Å². The van der Waals surface area contributed by atoms with Crippen molar-refractivity contribution >= 4 is 21.6 Å². The molecular formula is C18H26ClN3O5S. The van der Waals surface area contributed by atoms with E-state index in [0.717, 1.165) is 32.7 Å². The molecule has 0 saturated carbocycles. The number of morpholine rings is 1. The Morgan fingerprint density at radius 3 is 2.64 bits per heavy atom. The van der Waals surface area contributed by atoms with Gasteiger partial charge in [0.1, 0.15) is 4.90 Å². The summed E-state index contributed by atoms with van der Waals surface area (Å²) >= 11 is 5.97. The van der Waals surface area contributed by atoms with Gasteiger partial charge in [-0.15, -0.1) is 0 Å². The Morgan fingerprint density at radius 1 is 1.25 bits per heavy atom. The first kappa shape index (κ1) is 20.3. The molecule has 1 aromatic heterocycles. The van der Waals surface area contributed by atoms with Gasteiger partial charge in [0.25, 0.3) is 0 Å². The molecule has 0 aromatic carbocycles. The fraction of sp³-hybridized carbons (Fsp3) is 0.722. The summed E-state index contributed by atoms with van der Waals surface area (Å²) in [6.07, 6.45) is 3.69. The van der Waals surface area contributed by atoms with Crippen molar-refractivity contribution in [2.24, 2.45) is 0 Å². The van der Waals surface area contributed by atoms with E-state index < -0.39 is 10.0 Å². The van der Waals surface area contributed by atoms with Crippen LogP contribution < -0.4 is 4.74 Å². The molecule has 10 heteroatoms. The number of sulfonamides is 1. The maximum Gasteiger partial charge on any atom is 0.248 e. The molecule has 0 radical (unpaired) electrons. The fourth-order valence-corrected chi connectivity index (χ4v) is 6.16. The maximum atomic E-state index is 13.1. The number of methoxy groups -OCH3 is 1. The van der Waals surface area contributed by atoms with Crippen LogP contribution in [0.5, 0.6) is 5.88 Å². The van der Waals surface area contributed by atoms with Crippen LogP contribution >= 0.6 is 11.6 Å². The zero-order valence-corrected chi connectivity index (χ0v) is 17.5. The lowest BCUT2D eigenvalue weighted by Gasteiger charge is -2.38. The third kappa shape index (κ3) is 3.88. The fourth-order valence-electron chi connectivity index (χ4n) is 4.37. The maximum absolute atomic E-state index is 13.1. The summed E-state index contributed by atoms with van der Waals surface area (Å²) < 4.78 is 44.5. The number of hydrogen-bond acceptors (Lipinski definition) is 7. The van der Waals surface area contributed by atoms with Crippen LogP contribution in [0, 0.1) is 0 Å². The van der Waals surface area contributed by atoms with Gasteiger partial charge in [0.2, 0.25) is 15.9 Å². The van der Waals surface area contributed by atoms with E-state index in [1.165, 1.54) is 23.7 Å². The molecule has 0 aliphatic carbocycles. The highest BCUT2D eigenvalue weighted by Gasteiger charge is 2.46. The van der Waals surface area contributed by atoms with Crippen LogP contribution in [-0.2, 0) is 19.5 Å². The van der Waals surface area contributed by atoms with E-state index in [1.54, 1.807) is 0 Å². The number of nitrogens with zero attached hydrogens (tertiary/aromatic N) is 3. The first-order valence-corrected chi connectivity index (χ1v) is 11.4. The predicted octanol–water partition coefficient (Wildman–Crippen LogP) is 1.39. The van der Waals surface area contributed by atoms with E-state index in [0.29, 0.717) is 38.6 Å². The second-order valence-electron chi connectivity index (χ2n) is 7.57. The van der Waals surface area contributed by atoms with Crippen molar-refractivity contribution in [2.45, 2.75) is 35.8 Å². The lowest BCUT2D eigenvalue weighted by molar-refractivity contribution is -0.0328. The molecule has 3 fully saturated rings. The summed E-state index contributed by atoms with van der Waals surface area (Å²) in [6, 6.07) is 1.79. The summed E-state index contributed by atoms with van der Waals surface area (Å²) in [7, 11) is -2.33. The molecule has 0 unspecified atom stereocenters. The Morgan fingerprint density at radius 2 is 1.96 bits per heavy atom. The number of ether oxygens (including phenoxy) is 3. The molecular weight excluding hydrogens is 406 g/mol. The van der Waals surface area contributed by atoms with Crippen LogP contribution in [0.15, 0.2) is 17.2 Å². The van der Waals surface area contributed by atoms with Gasteiger partial charge in [-0.25, -0.2) is 13.4 Å².